The SMILES string of the molecule is CNCC(C)S(=O)(=O)Nc1ccc(I)c(Br)c1. The van der Waals surface area contributed by atoms with E-state index in [1.54, 1.807) is 26.1 Å². The van der Waals surface area contributed by atoms with E-state index in [2.05, 4.69) is 48.6 Å². The molecule has 0 aliphatic rings. The predicted octanol–water partition coefficient (Wildman–Crippen LogP) is 2.40. The van der Waals surface area contributed by atoms with Crippen LogP contribution in [0.1, 0.15) is 6.92 Å². The fraction of sp³-hybridized carbons (Fsp3) is 0.400. The molecule has 1 atom stereocenters. The summed E-state index contributed by atoms with van der Waals surface area (Å²) in [6, 6.07) is 5.35. The number of hydrogen-bond acceptors (Lipinski definition) is 3. The Balaban J connectivity index is 2.86. The summed E-state index contributed by atoms with van der Waals surface area (Å²) >= 11 is 5.54. The Morgan fingerprint density at radius 2 is 2.12 bits per heavy atom. The molecular formula is C10H14BrIN2O2S. The van der Waals surface area contributed by atoms with Crippen molar-refractivity contribution in [2.45, 2.75) is 12.2 Å². The second-order valence-electron chi connectivity index (χ2n) is 3.64. The molecule has 0 bridgehead atoms. The van der Waals surface area contributed by atoms with Crippen molar-refractivity contribution >= 4 is 54.2 Å². The van der Waals surface area contributed by atoms with E-state index in [-0.39, 0.29) is 0 Å². The van der Waals surface area contributed by atoms with Crippen molar-refractivity contribution in [1.29, 1.82) is 0 Å². The van der Waals surface area contributed by atoms with E-state index >= 15 is 0 Å². The molecule has 1 rings (SSSR count). The largest absolute Gasteiger partial charge is 0.318 e. The summed E-state index contributed by atoms with van der Waals surface area (Å²) < 4.78 is 28.3. The summed E-state index contributed by atoms with van der Waals surface area (Å²) in [5.41, 5.74) is 0.570. The molecular weight excluding hydrogens is 419 g/mol. The molecule has 2 N–H and O–H groups in total. The average Bonchev–Trinajstić information content (AvgIpc) is 2.23. The first kappa shape index (κ1) is 15.2. The van der Waals surface area contributed by atoms with Crippen LogP contribution in [-0.4, -0.2) is 27.3 Å². The van der Waals surface area contributed by atoms with Gasteiger partial charge in [0.05, 0.1) is 5.25 Å². The van der Waals surface area contributed by atoms with Gasteiger partial charge in [0, 0.05) is 20.3 Å². The Morgan fingerprint density at radius 3 is 2.65 bits per heavy atom. The fourth-order valence-corrected chi connectivity index (χ4v) is 2.98. The second-order valence-corrected chi connectivity index (χ2v) is 7.76. The van der Waals surface area contributed by atoms with Gasteiger partial charge < -0.3 is 5.32 Å². The third-order valence-corrected chi connectivity index (χ3v) is 6.29. The summed E-state index contributed by atoms with van der Waals surface area (Å²) in [6.45, 7) is 2.08. The molecule has 1 unspecified atom stereocenters. The summed E-state index contributed by atoms with van der Waals surface area (Å²) in [6.07, 6.45) is 0. The summed E-state index contributed by atoms with van der Waals surface area (Å²) in [7, 11) is -1.61. The molecule has 0 fully saturated rings. The number of anilines is 1. The highest BCUT2D eigenvalue weighted by molar-refractivity contribution is 14.1. The van der Waals surface area contributed by atoms with Gasteiger partial charge in [0.25, 0.3) is 0 Å². The molecule has 17 heavy (non-hydrogen) atoms. The quantitative estimate of drug-likeness (QED) is 0.702. The van der Waals surface area contributed by atoms with Crippen molar-refractivity contribution in [2.75, 3.05) is 18.3 Å². The zero-order chi connectivity index (χ0) is 13.1. The normalized spacial score (nSPS) is 13.4. The lowest BCUT2D eigenvalue weighted by Gasteiger charge is -2.14. The van der Waals surface area contributed by atoms with Crippen LogP contribution in [0, 0.1) is 3.57 Å². The number of hydrogen-bond donors (Lipinski definition) is 2. The van der Waals surface area contributed by atoms with E-state index in [0.717, 1.165) is 8.04 Å². The van der Waals surface area contributed by atoms with Crippen LogP contribution in [0.3, 0.4) is 0 Å². The molecule has 0 saturated carbocycles. The van der Waals surface area contributed by atoms with Gasteiger partial charge in [0.1, 0.15) is 0 Å². The third-order valence-electron chi connectivity index (χ3n) is 2.20. The number of rotatable bonds is 5. The molecule has 0 saturated heterocycles. The predicted molar refractivity (Wildman–Crippen MR) is 82.8 cm³/mol. The first-order chi connectivity index (χ1) is 7.86. The van der Waals surface area contributed by atoms with Gasteiger partial charge >= 0.3 is 0 Å². The maximum absolute atomic E-state index is 11.9. The zero-order valence-corrected chi connectivity index (χ0v) is 14.1. The van der Waals surface area contributed by atoms with Gasteiger partial charge in [0.15, 0.2) is 0 Å². The minimum atomic E-state index is -3.34. The van der Waals surface area contributed by atoms with Gasteiger partial charge in [-0.3, -0.25) is 4.72 Å². The molecule has 0 aliphatic heterocycles. The molecule has 0 aliphatic carbocycles. The van der Waals surface area contributed by atoms with Crippen LogP contribution in [0.2, 0.25) is 0 Å². The van der Waals surface area contributed by atoms with Gasteiger partial charge in [-0.15, -0.1) is 0 Å². The summed E-state index contributed by atoms with van der Waals surface area (Å²) in [5, 5.41) is 2.37. The molecule has 0 amide bonds. The molecule has 4 nitrogen and oxygen atoms in total. The van der Waals surface area contributed by atoms with Crippen LogP contribution < -0.4 is 10.0 Å². The molecule has 0 aromatic heterocycles. The van der Waals surface area contributed by atoms with Crippen LogP contribution in [0.15, 0.2) is 22.7 Å². The van der Waals surface area contributed by atoms with Gasteiger partial charge in [-0.1, -0.05) is 0 Å². The van der Waals surface area contributed by atoms with E-state index in [1.165, 1.54) is 0 Å². The van der Waals surface area contributed by atoms with Gasteiger partial charge in [-0.05, 0) is 70.7 Å². The van der Waals surface area contributed by atoms with Crippen LogP contribution >= 0.6 is 38.5 Å². The van der Waals surface area contributed by atoms with Crippen molar-refractivity contribution in [1.82, 2.24) is 5.32 Å². The minimum absolute atomic E-state index is 0.418. The molecule has 1 aromatic carbocycles. The Kier molecular flexibility index (Phi) is 5.68. The number of benzene rings is 1. The Morgan fingerprint density at radius 1 is 1.47 bits per heavy atom. The highest BCUT2D eigenvalue weighted by atomic mass is 127. The van der Waals surface area contributed by atoms with Crippen LogP contribution in [-0.2, 0) is 10.0 Å². The summed E-state index contributed by atoms with van der Waals surface area (Å²) in [4.78, 5) is 0. The third kappa shape index (κ3) is 4.38. The molecule has 1 aromatic rings. The lowest BCUT2D eigenvalue weighted by molar-refractivity contribution is 0.584. The smallest absolute Gasteiger partial charge is 0.236 e. The summed E-state index contributed by atoms with van der Waals surface area (Å²) in [5.74, 6) is 0. The van der Waals surface area contributed by atoms with Gasteiger partial charge in [-0.2, -0.15) is 0 Å². The number of halogens is 2. The highest BCUT2D eigenvalue weighted by Crippen LogP contribution is 2.23. The zero-order valence-electron chi connectivity index (χ0n) is 9.50. The lowest BCUT2D eigenvalue weighted by atomic mass is 10.3. The van der Waals surface area contributed by atoms with E-state index in [1.807, 2.05) is 6.07 Å². The van der Waals surface area contributed by atoms with Crippen molar-refractivity contribution in [2.24, 2.45) is 0 Å². The fourth-order valence-electron chi connectivity index (χ4n) is 1.22. The van der Waals surface area contributed by atoms with E-state index in [9.17, 15) is 8.42 Å². The molecule has 0 spiro atoms. The molecule has 0 radical (unpaired) electrons. The van der Waals surface area contributed by atoms with E-state index in [0.29, 0.717) is 12.2 Å². The van der Waals surface area contributed by atoms with Crippen molar-refractivity contribution < 1.29 is 8.42 Å². The van der Waals surface area contributed by atoms with Crippen molar-refractivity contribution in [3.8, 4) is 0 Å². The standard InChI is InChI=1S/C10H14BrIN2O2S/c1-7(6-13-2)17(15,16)14-8-3-4-10(12)9(11)5-8/h3-5,7,13-14H,6H2,1-2H3. The average molecular weight is 433 g/mol. The second kappa shape index (κ2) is 6.35. The Labute approximate surface area is 124 Å². The molecule has 96 valence electrons. The molecule has 0 heterocycles. The maximum Gasteiger partial charge on any atom is 0.236 e. The number of nitrogens with one attached hydrogen (secondary N) is 2. The Bertz CT molecular complexity index is 493. The minimum Gasteiger partial charge on any atom is -0.318 e. The highest BCUT2D eigenvalue weighted by Gasteiger charge is 2.19. The number of sulfonamides is 1. The first-order valence-electron chi connectivity index (χ1n) is 4.98. The first-order valence-corrected chi connectivity index (χ1v) is 8.40. The molecule has 7 heteroatoms. The van der Waals surface area contributed by atoms with Crippen LogP contribution in [0.4, 0.5) is 5.69 Å². The van der Waals surface area contributed by atoms with E-state index in [4.69, 9.17) is 0 Å². The monoisotopic (exact) mass is 432 g/mol. The topological polar surface area (TPSA) is 58.2 Å². The van der Waals surface area contributed by atoms with Crippen LogP contribution in [0.25, 0.3) is 0 Å². The van der Waals surface area contributed by atoms with Gasteiger partial charge in [0.2, 0.25) is 10.0 Å². The maximum atomic E-state index is 11.9. The lowest BCUT2D eigenvalue weighted by Crippen LogP contribution is -2.33. The van der Waals surface area contributed by atoms with Crippen LogP contribution in [0.5, 0.6) is 0 Å². The van der Waals surface area contributed by atoms with Crippen molar-refractivity contribution in [3.63, 3.8) is 0 Å². The van der Waals surface area contributed by atoms with Gasteiger partial charge in [-0.25, -0.2) is 8.42 Å². The Hall–Kier alpha value is 0.140. The van der Waals surface area contributed by atoms with E-state index < -0.39 is 15.3 Å². The van der Waals surface area contributed by atoms with Crippen molar-refractivity contribution in [3.05, 3.63) is 26.2 Å².